The predicted molar refractivity (Wildman–Crippen MR) is 85.3 cm³/mol. The van der Waals surface area contributed by atoms with Gasteiger partial charge >= 0.3 is 0 Å². The number of carbonyl (C=O) groups is 1. The van der Waals surface area contributed by atoms with E-state index in [1.54, 1.807) is 31.3 Å². The maximum atomic E-state index is 11.4. The fourth-order valence-electron chi connectivity index (χ4n) is 1.79. The molecule has 0 fully saturated rings. The van der Waals surface area contributed by atoms with Crippen LogP contribution in [0.1, 0.15) is 15.9 Å². The van der Waals surface area contributed by atoms with E-state index in [9.17, 15) is 9.90 Å². The summed E-state index contributed by atoms with van der Waals surface area (Å²) in [6.07, 6.45) is 0. The van der Waals surface area contributed by atoms with E-state index < -0.39 is 0 Å². The first-order chi connectivity index (χ1) is 10.0. The Labute approximate surface area is 132 Å². The lowest BCUT2D eigenvalue weighted by atomic mass is 10.1. The topological polar surface area (TPSA) is 61.4 Å². The smallest absolute Gasteiger partial charge is 0.251 e. The second kappa shape index (κ2) is 6.70. The van der Waals surface area contributed by atoms with Gasteiger partial charge in [-0.1, -0.05) is 35.3 Å². The zero-order valence-electron chi connectivity index (χ0n) is 11.3. The van der Waals surface area contributed by atoms with Gasteiger partial charge in [0.1, 0.15) is 0 Å². The maximum Gasteiger partial charge on any atom is 0.251 e. The number of nitrogens with one attached hydrogen (secondary N) is 2. The molecule has 2 aromatic carbocycles. The van der Waals surface area contributed by atoms with Crippen molar-refractivity contribution in [1.29, 1.82) is 0 Å². The SMILES string of the molecule is CNC(=O)c1ccc(CNc2cc(Cl)c(O)c(Cl)c2)cc1. The van der Waals surface area contributed by atoms with Crippen molar-refractivity contribution in [3.8, 4) is 5.75 Å². The van der Waals surface area contributed by atoms with Gasteiger partial charge in [0.05, 0.1) is 10.0 Å². The van der Waals surface area contributed by atoms with Crippen LogP contribution in [0.2, 0.25) is 10.0 Å². The van der Waals surface area contributed by atoms with Crippen molar-refractivity contribution in [2.24, 2.45) is 0 Å². The van der Waals surface area contributed by atoms with E-state index in [0.29, 0.717) is 17.8 Å². The number of halogens is 2. The van der Waals surface area contributed by atoms with Gasteiger partial charge in [0, 0.05) is 24.8 Å². The molecule has 1 amide bonds. The van der Waals surface area contributed by atoms with Gasteiger partial charge in [-0.3, -0.25) is 4.79 Å². The molecule has 0 bridgehead atoms. The molecule has 0 aromatic heterocycles. The van der Waals surface area contributed by atoms with Crippen LogP contribution in [0.4, 0.5) is 5.69 Å². The Morgan fingerprint density at radius 2 is 1.71 bits per heavy atom. The highest BCUT2D eigenvalue weighted by Gasteiger charge is 2.07. The molecule has 21 heavy (non-hydrogen) atoms. The van der Waals surface area contributed by atoms with E-state index in [-0.39, 0.29) is 21.7 Å². The van der Waals surface area contributed by atoms with E-state index in [4.69, 9.17) is 23.2 Å². The summed E-state index contributed by atoms with van der Waals surface area (Å²) in [6, 6.07) is 10.4. The van der Waals surface area contributed by atoms with Gasteiger partial charge in [0.25, 0.3) is 5.91 Å². The Hall–Kier alpha value is -1.91. The molecule has 6 heteroatoms. The summed E-state index contributed by atoms with van der Waals surface area (Å²) >= 11 is 11.7. The molecule has 0 saturated heterocycles. The molecule has 110 valence electrons. The number of hydrogen-bond acceptors (Lipinski definition) is 3. The van der Waals surface area contributed by atoms with Crippen molar-refractivity contribution in [3.63, 3.8) is 0 Å². The van der Waals surface area contributed by atoms with E-state index in [2.05, 4.69) is 10.6 Å². The minimum Gasteiger partial charge on any atom is -0.505 e. The summed E-state index contributed by atoms with van der Waals surface area (Å²) < 4.78 is 0. The Balaban J connectivity index is 2.05. The van der Waals surface area contributed by atoms with Crippen molar-refractivity contribution in [2.45, 2.75) is 6.54 Å². The van der Waals surface area contributed by atoms with Gasteiger partial charge in [-0.15, -0.1) is 0 Å². The molecule has 0 aliphatic rings. The molecule has 0 atom stereocenters. The first-order valence-electron chi connectivity index (χ1n) is 6.24. The van der Waals surface area contributed by atoms with Gasteiger partial charge in [-0.05, 0) is 29.8 Å². The third-order valence-electron chi connectivity index (χ3n) is 2.96. The lowest BCUT2D eigenvalue weighted by Gasteiger charge is -2.09. The first-order valence-corrected chi connectivity index (χ1v) is 6.99. The maximum absolute atomic E-state index is 11.4. The van der Waals surface area contributed by atoms with Gasteiger partial charge in [0.2, 0.25) is 0 Å². The molecular formula is C15H14Cl2N2O2. The molecule has 0 unspecified atom stereocenters. The van der Waals surface area contributed by atoms with Gasteiger partial charge in [-0.25, -0.2) is 0 Å². The van der Waals surface area contributed by atoms with Crippen LogP contribution in [0.15, 0.2) is 36.4 Å². The summed E-state index contributed by atoms with van der Waals surface area (Å²) in [6.45, 7) is 0.547. The standard InChI is InChI=1S/C15H14Cl2N2O2/c1-18-15(21)10-4-2-9(3-5-10)8-19-11-6-12(16)14(20)13(17)7-11/h2-7,19-20H,8H2,1H3,(H,18,21). The summed E-state index contributed by atoms with van der Waals surface area (Å²) in [5.41, 5.74) is 2.32. The highest BCUT2D eigenvalue weighted by Crippen LogP contribution is 2.34. The van der Waals surface area contributed by atoms with Crippen LogP contribution >= 0.6 is 23.2 Å². The van der Waals surface area contributed by atoms with E-state index in [1.165, 1.54) is 0 Å². The molecule has 0 spiro atoms. The van der Waals surface area contributed by atoms with Crippen molar-refractivity contribution < 1.29 is 9.90 Å². The quantitative estimate of drug-likeness (QED) is 0.752. The molecule has 0 aliphatic heterocycles. The average molecular weight is 325 g/mol. The molecule has 0 aliphatic carbocycles. The number of benzene rings is 2. The van der Waals surface area contributed by atoms with Crippen molar-refractivity contribution in [3.05, 3.63) is 57.6 Å². The Kier molecular flexibility index (Phi) is 4.94. The summed E-state index contributed by atoms with van der Waals surface area (Å²) in [5, 5.41) is 15.6. The van der Waals surface area contributed by atoms with Gasteiger partial charge in [-0.2, -0.15) is 0 Å². The molecule has 4 nitrogen and oxygen atoms in total. The Morgan fingerprint density at radius 1 is 1.14 bits per heavy atom. The number of anilines is 1. The van der Waals surface area contributed by atoms with Crippen LogP contribution in [0.3, 0.4) is 0 Å². The molecule has 0 radical (unpaired) electrons. The van der Waals surface area contributed by atoms with Crippen LogP contribution in [-0.2, 0) is 6.54 Å². The van der Waals surface area contributed by atoms with Gasteiger partial charge in [0.15, 0.2) is 5.75 Å². The largest absolute Gasteiger partial charge is 0.505 e. The molecule has 3 N–H and O–H groups in total. The highest BCUT2D eigenvalue weighted by atomic mass is 35.5. The normalized spacial score (nSPS) is 10.2. The number of amides is 1. The van der Waals surface area contributed by atoms with Gasteiger partial charge < -0.3 is 15.7 Å². The molecule has 0 saturated carbocycles. The third kappa shape index (κ3) is 3.80. The number of rotatable bonds is 4. The zero-order valence-corrected chi connectivity index (χ0v) is 12.8. The number of carbonyl (C=O) groups excluding carboxylic acids is 1. The van der Waals surface area contributed by atoms with Crippen LogP contribution in [0.5, 0.6) is 5.75 Å². The minimum absolute atomic E-state index is 0.119. The van der Waals surface area contributed by atoms with E-state index in [0.717, 1.165) is 5.56 Å². The Morgan fingerprint density at radius 3 is 2.24 bits per heavy atom. The number of hydrogen-bond donors (Lipinski definition) is 3. The molecule has 2 rings (SSSR count). The van der Waals surface area contributed by atoms with Crippen molar-refractivity contribution in [2.75, 3.05) is 12.4 Å². The van der Waals surface area contributed by atoms with Crippen LogP contribution in [0.25, 0.3) is 0 Å². The average Bonchev–Trinajstić information content (AvgIpc) is 2.50. The predicted octanol–water partition coefficient (Wildman–Crippen LogP) is 3.67. The minimum atomic E-state index is -0.126. The van der Waals surface area contributed by atoms with Crippen LogP contribution in [0, 0.1) is 0 Å². The van der Waals surface area contributed by atoms with E-state index >= 15 is 0 Å². The zero-order chi connectivity index (χ0) is 15.4. The molecule has 2 aromatic rings. The number of aromatic hydroxyl groups is 1. The Bertz CT molecular complexity index is 634. The number of phenols is 1. The fourth-order valence-corrected chi connectivity index (χ4v) is 2.28. The molecule has 0 heterocycles. The van der Waals surface area contributed by atoms with E-state index in [1.807, 2.05) is 12.1 Å². The summed E-state index contributed by atoms with van der Waals surface area (Å²) in [7, 11) is 1.59. The van der Waals surface area contributed by atoms with Crippen molar-refractivity contribution >= 4 is 34.8 Å². The first kappa shape index (κ1) is 15.5. The van der Waals surface area contributed by atoms with Crippen LogP contribution < -0.4 is 10.6 Å². The summed E-state index contributed by atoms with van der Waals surface area (Å²) in [5.74, 6) is -0.245. The van der Waals surface area contributed by atoms with Crippen molar-refractivity contribution in [1.82, 2.24) is 5.32 Å². The van der Waals surface area contributed by atoms with Crippen LogP contribution in [-0.4, -0.2) is 18.1 Å². The monoisotopic (exact) mass is 324 g/mol. The lowest BCUT2D eigenvalue weighted by Crippen LogP contribution is -2.17. The highest BCUT2D eigenvalue weighted by molar-refractivity contribution is 6.37. The second-order valence-corrected chi connectivity index (χ2v) is 5.23. The second-order valence-electron chi connectivity index (χ2n) is 4.42. The number of phenolic OH excluding ortho intramolecular Hbond substituents is 1. The summed E-state index contributed by atoms with van der Waals surface area (Å²) in [4.78, 5) is 11.4. The molecular weight excluding hydrogens is 311 g/mol. The fraction of sp³-hybridized carbons (Fsp3) is 0.133. The lowest BCUT2D eigenvalue weighted by molar-refractivity contribution is 0.0963. The third-order valence-corrected chi connectivity index (χ3v) is 3.53.